The molecule has 0 spiro atoms. The molecule has 126 valence electrons. The summed E-state index contributed by atoms with van der Waals surface area (Å²) in [6.45, 7) is 4.13. The zero-order chi connectivity index (χ0) is 17.1. The van der Waals surface area contributed by atoms with E-state index in [1.54, 1.807) is 25.3 Å². The standard InChI is InChI=1S/C17H24N2O3S/c1-4-17(5-2,12-18)19-23(20,21)16-11-10-15(22-3)13-8-6-7-9-14(13)16/h6-11,19H,4-5,12,18H2,1-3H3. The Kier molecular flexibility index (Phi) is 5.29. The van der Waals surface area contributed by atoms with Crippen LogP contribution in [-0.4, -0.2) is 27.6 Å². The fraction of sp³-hybridized carbons (Fsp3) is 0.412. The lowest BCUT2D eigenvalue weighted by Crippen LogP contribution is -2.52. The number of fused-ring (bicyclic) bond motifs is 1. The molecule has 0 heterocycles. The van der Waals surface area contributed by atoms with Gasteiger partial charge in [0.25, 0.3) is 0 Å². The summed E-state index contributed by atoms with van der Waals surface area (Å²) in [6.07, 6.45) is 1.26. The Bertz CT molecular complexity index is 775. The van der Waals surface area contributed by atoms with Crippen molar-refractivity contribution in [2.75, 3.05) is 13.7 Å². The highest BCUT2D eigenvalue weighted by Gasteiger charge is 2.31. The number of ether oxygens (including phenoxy) is 1. The number of methoxy groups -OCH3 is 1. The minimum Gasteiger partial charge on any atom is -0.496 e. The van der Waals surface area contributed by atoms with E-state index in [2.05, 4.69) is 4.72 Å². The first-order valence-corrected chi connectivity index (χ1v) is 9.21. The number of benzene rings is 2. The second-order valence-corrected chi connectivity index (χ2v) is 7.26. The maximum atomic E-state index is 12.9. The van der Waals surface area contributed by atoms with Gasteiger partial charge in [-0.3, -0.25) is 0 Å². The highest BCUT2D eigenvalue weighted by atomic mass is 32.2. The highest BCUT2D eigenvalue weighted by Crippen LogP contribution is 2.31. The van der Waals surface area contributed by atoms with E-state index in [4.69, 9.17) is 10.5 Å². The predicted molar refractivity (Wildman–Crippen MR) is 93.2 cm³/mol. The van der Waals surface area contributed by atoms with Gasteiger partial charge in [-0.1, -0.05) is 38.1 Å². The van der Waals surface area contributed by atoms with Crippen LogP contribution in [0.5, 0.6) is 5.75 Å². The fourth-order valence-corrected chi connectivity index (χ4v) is 4.49. The lowest BCUT2D eigenvalue weighted by molar-refractivity contribution is 0.363. The van der Waals surface area contributed by atoms with Crippen LogP contribution >= 0.6 is 0 Å². The normalized spacial score (nSPS) is 12.5. The first kappa shape index (κ1) is 17.7. The van der Waals surface area contributed by atoms with Crippen LogP contribution in [0.3, 0.4) is 0 Å². The Labute approximate surface area is 137 Å². The van der Waals surface area contributed by atoms with Gasteiger partial charge in [0.2, 0.25) is 10.0 Å². The molecular weight excluding hydrogens is 312 g/mol. The van der Waals surface area contributed by atoms with E-state index < -0.39 is 15.6 Å². The summed E-state index contributed by atoms with van der Waals surface area (Å²) in [5.74, 6) is 0.649. The van der Waals surface area contributed by atoms with Crippen LogP contribution in [0.1, 0.15) is 26.7 Å². The van der Waals surface area contributed by atoms with Gasteiger partial charge in [-0.2, -0.15) is 0 Å². The summed E-state index contributed by atoms with van der Waals surface area (Å²) >= 11 is 0. The molecule has 2 aromatic carbocycles. The molecule has 0 bridgehead atoms. The first-order chi connectivity index (χ1) is 10.9. The van der Waals surface area contributed by atoms with Gasteiger partial charge < -0.3 is 10.5 Å². The van der Waals surface area contributed by atoms with E-state index in [-0.39, 0.29) is 11.4 Å². The molecule has 0 fully saturated rings. The molecule has 0 radical (unpaired) electrons. The quantitative estimate of drug-likeness (QED) is 0.814. The Morgan fingerprint density at radius 1 is 1.09 bits per heavy atom. The van der Waals surface area contributed by atoms with Crippen molar-refractivity contribution in [3.05, 3.63) is 36.4 Å². The first-order valence-electron chi connectivity index (χ1n) is 7.73. The largest absolute Gasteiger partial charge is 0.496 e. The molecule has 5 nitrogen and oxygen atoms in total. The monoisotopic (exact) mass is 336 g/mol. The third kappa shape index (κ3) is 3.34. The number of hydrogen-bond acceptors (Lipinski definition) is 4. The van der Waals surface area contributed by atoms with Crippen molar-refractivity contribution < 1.29 is 13.2 Å². The summed E-state index contributed by atoms with van der Waals surface area (Å²) in [5, 5.41) is 1.40. The number of nitrogens with two attached hydrogens (primary N) is 1. The second kappa shape index (κ2) is 6.86. The molecule has 0 unspecified atom stereocenters. The van der Waals surface area contributed by atoms with Crippen LogP contribution in [0.25, 0.3) is 10.8 Å². The van der Waals surface area contributed by atoms with E-state index in [9.17, 15) is 8.42 Å². The number of hydrogen-bond donors (Lipinski definition) is 2. The summed E-state index contributed by atoms with van der Waals surface area (Å²) in [7, 11) is -2.12. The molecule has 0 atom stereocenters. The SMILES string of the molecule is CCC(CC)(CN)NS(=O)(=O)c1ccc(OC)c2ccccc12. The van der Waals surface area contributed by atoms with Crippen LogP contribution in [0.15, 0.2) is 41.3 Å². The molecule has 0 amide bonds. The number of rotatable bonds is 7. The third-order valence-corrected chi connectivity index (χ3v) is 6.09. The topological polar surface area (TPSA) is 81.4 Å². The molecule has 0 saturated carbocycles. The van der Waals surface area contributed by atoms with E-state index in [0.29, 0.717) is 24.0 Å². The average molecular weight is 336 g/mol. The van der Waals surface area contributed by atoms with Crippen LogP contribution < -0.4 is 15.2 Å². The van der Waals surface area contributed by atoms with Crippen LogP contribution in [0.4, 0.5) is 0 Å². The van der Waals surface area contributed by atoms with Crippen LogP contribution in [-0.2, 0) is 10.0 Å². The molecule has 6 heteroatoms. The Hall–Kier alpha value is -1.63. The summed E-state index contributed by atoms with van der Waals surface area (Å²) in [5.41, 5.74) is 5.20. The zero-order valence-electron chi connectivity index (χ0n) is 13.8. The van der Waals surface area contributed by atoms with Gasteiger partial charge in [0.15, 0.2) is 0 Å². The van der Waals surface area contributed by atoms with E-state index >= 15 is 0 Å². The number of sulfonamides is 1. The van der Waals surface area contributed by atoms with Gasteiger partial charge in [0, 0.05) is 22.9 Å². The molecular formula is C17H24N2O3S. The molecule has 0 aliphatic rings. The zero-order valence-corrected chi connectivity index (χ0v) is 14.6. The van der Waals surface area contributed by atoms with Gasteiger partial charge in [-0.05, 0) is 25.0 Å². The maximum Gasteiger partial charge on any atom is 0.241 e. The van der Waals surface area contributed by atoms with Crippen LogP contribution in [0.2, 0.25) is 0 Å². The van der Waals surface area contributed by atoms with Crippen molar-refractivity contribution in [2.24, 2.45) is 5.73 Å². The minimum atomic E-state index is -3.69. The molecule has 2 rings (SSSR count). The Morgan fingerprint density at radius 2 is 1.70 bits per heavy atom. The van der Waals surface area contributed by atoms with Gasteiger partial charge >= 0.3 is 0 Å². The predicted octanol–water partition coefficient (Wildman–Crippen LogP) is 2.64. The van der Waals surface area contributed by atoms with E-state index in [0.717, 1.165) is 5.39 Å². The summed E-state index contributed by atoms with van der Waals surface area (Å²) < 4.78 is 34.0. The van der Waals surface area contributed by atoms with E-state index in [1.807, 2.05) is 32.0 Å². The van der Waals surface area contributed by atoms with Crippen molar-refractivity contribution in [1.82, 2.24) is 4.72 Å². The fourth-order valence-electron chi connectivity index (χ4n) is 2.72. The summed E-state index contributed by atoms with van der Waals surface area (Å²) in [6, 6.07) is 10.6. The average Bonchev–Trinajstić information content (AvgIpc) is 2.58. The van der Waals surface area contributed by atoms with Crippen molar-refractivity contribution >= 4 is 20.8 Å². The smallest absolute Gasteiger partial charge is 0.241 e. The molecule has 3 N–H and O–H groups in total. The molecule has 0 aromatic heterocycles. The van der Waals surface area contributed by atoms with Crippen molar-refractivity contribution in [3.63, 3.8) is 0 Å². The number of nitrogens with one attached hydrogen (secondary N) is 1. The molecule has 0 saturated heterocycles. The Balaban J connectivity index is 2.59. The highest BCUT2D eigenvalue weighted by molar-refractivity contribution is 7.89. The van der Waals surface area contributed by atoms with Gasteiger partial charge in [-0.25, -0.2) is 13.1 Å². The Morgan fingerprint density at radius 3 is 2.22 bits per heavy atom. The van der Waals surface area contributed by atoms with Crippen molar-refractivity contribution in [2.45, 2.75) is 37.1 Å². The van der Waals surface area contributed by atoms with Crippen molar-refractivity contribution in [1.29, 1.82) is 0 Å². The van der Waals surface area contributed by atoms with Crippen molar-refractivity contribution in [3.8, 4) is 5.75 Å². The summed E-state index contributed by atoms with van der Waals surface area (Å²) in [4.78, 5) is 0.244. The second-order valence-electron chi connectivity index (χ2n) is 5.61. The maximum absolute atomic E-state index is 12.9. The molecule has 0 aliphatic carbocycles. The van der Waals surface area contributed by atoms with Gasteiger partial charge in [0.1, 0.15) is 5.75 Å². The van der Waals surface area contributed by atoms with Crippen LogP contribution in [0, 0.1) is 0 Å². The lowest BCUT2D eigenvalue weighted by atomic mass is 9.95. The molecule has 2 aromatic rings. The minimum absolute atomic E-state index is 0.244. The molecule has 23 heavy (non-hydrogen) atoms. The third-order valence-electron chi connectivity index (χ3n) is 4.45. The van der Waals surface area contributed by atoms with E-state index in [1.165, 1.54) is 0 Å². The van der Waals surface area contributed by atoms with Gasteiger partial charge in [0.05, 0.1) is 12.0 Å². The van der Waals surface area contributed by atoms with Gasteiger partial charge in [-0.15, -0.1) is 0 Å². The lowest BCUT2D eigenvalue weighted by Gasteiger charge is -2.31. The molecule has 0 aliphatic heterocycles.